The highest BCUT2D eigenvalue weighted by Crippen LogP contribution is 2.65. The van der Waals surface area contributed by atoms with Gasteiger partial charge in [-0.15, -0.1) is 0 Å². The number of fused-ring (bicyclic) bond motifs is 15. The lowest BCUT2D eigenvalue weighted by molar-refractivity contribution is 0.658. The molecule has 14 rings (SSSR count). The third-order valence-corrected chi connectivity index (χ3v) is 16.6. The maximum Gasteiger partial charge on any atom is 0.0760 e. The minimum absolute atomic E-state index is 0.0673. The Hall–Kier alpha value is -8.00. The van der Waals surface area contributed by atoms with Gasteiger partial charge in [0.15, 0.2) is 0 Å². The second-order valence-corrected chi connectivity index (χ2v) is 20.7. The van der Waals surface area contributed by atoms with Crippen molar-refractivity contribution in [2.24, 2.45) is 0 Å². The van der Waals surface area contributed by atoms with E-state index in [0.717, 1.165) is 5.69 Å². The molecule has 69 heavy (non-hydrogen) atoms. The molecule has 1 heteroatoms. The predicted octanol–water partition coefficient (Wildman–Crippen LogP) is 17.3. The van der Waals surface area contributed by atoms with Crippen molar-refractivity contribution in [2.75, 3.05) is 4.90 Å². The van der Waals surface area contributed by atoms with Crippen LogP contribution in [0.5, 0.6) is 0 Å². The molecule has 0 aromatic heterocycles. The summed E-state index contributed by atoms with van der Waals surface area (Å²) in [6.45, 7) is 9.58. The van der Waals surface area contributed by atoms with Crippen LogP contribution in [0.25, 0.3) is 44.5 Å². The van der Waals surface area contributed by atoms with Gasteiger partial charge >= 0.3 is 0 Å². The molecule has 0 saturated carbocycles. The zero-order valence-electron chi connectivity index (χ0n) is 39.5. The molecule has 1 atom stereocenters. The lowest BCUT2D eigenvalue weighted by Crippen LogP contribution is -2.36. The Labute approximate surface area is 406 Å². The molecule has 0 fully saturated rings. The van der Waals surface area contributed by atoms with E-state index < -0.39 is 5.41 Å². The van der Waals surface area contributed by atoms with Crippen LogP contribution in [-0.2, 0) is 16.2 Å². The van der Waals surface area contributed by atoms with E-state index in [-0.39, 0.29) is 16.7 Å². The fraction of sp³-hybridized carbons (Fsp3) is 0.118. The molecule has 3 aliphatic carbocycles. The maximum absolute atomic E-state index is 2.56. The normalized spacial score (nSPS) is 15.8. The van der Waals surface area contributed by atoms with E-state index in [1.165, 1.54) is 117 Å². The van der Waals surface area contributed by atoms with Gasteiger partial charge in [-0.2, -0.15) is 0 Å². The second kappa shape index (κ2) is 14.5. The highest BCUT2D eigenvalue weighted by atomic mass is 15.2. The Kier molecular flexibility index (Phi) is 8.43. The molecule has 1 unspecified atom stereocenters. The zero-order chi connectivity index (χ0) is 46.2. The number of rotatable bonds is 5. The van der Waals surface area contributed by atoms with Gasteiger partial charge in [-0.3, -0.25) is 0 Å². The summed E-state index contributed by atoms with van der Waals surface area (Å²) in [5, 5.41) is 0. The first-order chi connectivity index (χ1) is 33.8. The number of hydrogen-bond donors (Lipinski definition) is 0. The van der Waals surface area contributed by atoms with Gasteiger partial charge in [0.2, 0.25) is 0 Å². The number of para-hydroxylation sites is 3. The van der Waals surface area contributed by atoms with E-state index in [0.29, 0.717) is 0 Å². The first kappa shape index (κ1) is 40.1. The van der Waals surface area contributed by atoms with Crippen molar-refractivity contribution < 1.29 is 0 Å². The molecule has 1 aliphatic heterocycles. The van der Waals surface area contributed by atoms with Crippen LogP contribution >= 0.6 is 0 Å². The van der Waals surface area contributed by atoms with E-state index in [2.05, 4.69) is 263 Å². The lowest BCUT2D eigenvalue weighted by atomic mass is 9.63. The second-order valence-electron chi connectivity index (χ2n) is 20.7. The lowest BCUT2D eigenvalue weighted by Gasteiger charge is -2.45. The summed E-state index contributed by atoms with van der Waals surface area (Å²) < 4.78 is 0. The van der Waals surface area contributed by atoms with Crippen molar-refractivity contribution in [2.45, 2.75) is 49.9 Å². The predicted molar refractivity (Wildman–Crippen MR) is 286 cm³/mol. The Morgan fingerprint density at radius 1 is 0.304 bits per heavy atom. The largest absolute Gasteiger partial charge is 0.310 e. The summed E-state index contributed by atoms with van der Waals surface area (Å²) in [6, 6.07) is 87.8. The van der Waals surface area contributed by atoms with Crippen LogP contribution in [0, 0.1) is 0 Å². The van der Waals surface area contributed by atoms with Crippen molar-refractivity contribution in [1.82, 2.24) is 0 Å². The van der Waals surface area contributed by atoms with E-state index in [9.17, 15) is 0 Å². The van der Waals surface area contributed by atoms with Crippen LogP contribution in [0.3, 0.4) is 0 Å². The van der Waals surface area contributed by atoms with Crippen LogP contribution in [-0.4, -0.2) is 0 Å². The topological polar surface area (TPSA) is 3.24 Å². The Morgan fingerprint density at radius 3 is 1.41 bits per heavy atom. The average molecular weight is 882 g/mol. The molecule has 1 spiro atoms. The summed E-state index contributed by atoms with van der Waals surface area (Å²) in [5.41, 5.74) is 28.0. The molecule has 10 aromatic rings. The third-order valence-electron chi connectivity index (χ3n) is 16.6. The summed E-state index contributed by atoms with van der Waals surface area (Å²) in [7, 11) is 0. The molecule has 0 bridgehead atoms. The van der Waals surface area contributed by atoms with Crippen LogP contribution in [0.4, 0.5) is 17.1 Å². The molecule has 328 valence electrons. The summed E-state index contributed by atoms with van der Waals surface area (Å²) in [4.78, 5) is 2.48. The first-order valence-corrected chi connectivity index (χ1v) is 24.6. The Morgan fingerprint density at radius 2 is 0.739 bits per heavy atom. The van der Waals surface area contributed by atoms with Gasteiger partial charge in [0, 0.05) is 22.4 Å². The fourth-order valence-electron chi connectivity index (χ4n) is 13.6. The van der Waals surface area contributed by atoms with Crippen molar-refractivity contribution in [1.29, 1.82) is 0 Å². The number of hydrogen-bond acceptors (Lipinski definition) is 1. The van der Waals surface area contributed by atoms with Gasteiger partial charge in [-0.25, -0.2) is 0 Å². The SMILES string of the molecule is CC1(C)c2ccccc2-c2cc(C(c3ccc4c(c3)C(C)(C)c3ccccc3-4)c3ccccc3-c3cccc4c3C3(c5ccccc5-4)c4ccccc4N(c4ccccc4)c4ccccc43)ccc21. The molecule has 0 saturated heterocycles. The van der Waals surface area contributed by atoms with E-state index in [1.54, 1.807) is 0 Å². The minimum atomic E-state index is -0.601. The molecule has 1 nitrogen and oxygen atoms in total. The molecule has 0 radical (unpaired) electrons. The fourth-order valence-corrected chi connectivity index (χ4v) is 13.6. The third kappa shape index (κ3) is 5.36. The Bertz CT molecular complexity index is 3710. The highest BCUT2D eigenvalue weighted by Gasteiger charge is 2.53. The van der Waals surface area contributed by atoms with Crippen molar-refractivity contribution >= 4 is 17.1 Å². The van der Waals surface area contributed by atoms with Gasteiger partial charge in [0.05, 0.1) is 16.8 Å². The maximum atomic E-state index is 2.56. The number of nitrogens with zero attached hydrogens (tertiary/aromatic N) is 1. The van der Waals surface area contributed by atoms with Crippen molar-refractivity contribution in [3.05, 3.63) is 292 Å². The highest BCUT2D eigenvalue weighted by molar-refractivity contribution is 5.99. The van der Waals surface area contributed by atoms with Crippen molar-refractivity contribution in [3.63, 3.8) is 0 Å². The van der Waals surface area contributed by atoms with Crippen LogP contribution < -0.4 is 4.90 Å². The molecular weight excluding hydrogens is 831 g/mol. The number of benzene rings is 10. The molecule has 4 aliphatic rings. The molecule has 10 aromatic carbocycles. The molecular formula is C68H51N. The summed E-state index contributed by atoms with van der Waals surface area (Å²) >= 11 is 0. The minimum Gasteiger partial charge on any atom is -0.310 e. The first-order valence-electron chi connectivity index (χ1n) is 24.6. The average Bonchev–Trinajstić information content (AvgIpc) is 3.92. The van der Waals surface area contributed by atoms with Gasteiger partial charge in [0.1, 0.15) is 0 Å². The van der Waals surface area contributed by atoms with E-state index in [4.69, 9.17) is 0 Å². The quantitative estimate of drug-likeness (QED) is 0.156. The van der Waals surface area contributed by atoms with E-state index >= 15 is 0 Å². The number of anilines is 3. The van der Waals surface area contributed by atoms with E-state index in [1.807, 2.05) is 0 Å². The van der Waals surface area contributed by atoms with Gasteiger partial charge < -0.3 is 4.90 Å². The van der Waals surface area contributed by atoms with Gasteiger partial charge in [-0.05, 0) is 136 Å². The molecule has 0 amide bonds. The Balaban J connectivity index is 1.05. The van der Waals surface area contributed by atoms with Crippen LogP contribution in [0.15, 0.2) is 231 Å². The van der Waals surface area contributed by atoms with Crippen LogP contribution in [0.1, 0.15) is 94.8 Å². The smallest absolute Gasteiger partial charge is 0.0760 e. The van der Waals surface area contributed by atoms with Crippen LogP contribution in [0.2, 0.25) is 0 Å². The monoisotopic (exact) mass is 881 g/mol. The van der Waals surface area contributed by atoms with Gasteiger partial charge in [0.25, 0.3) is 0 Å². The molecule has 1 heterocycles. The standard InChI is InChI=1S/C68H51N/c1-66(2)56-31-14-11-26-49(56)54-41-43(38-40-57(54)66)64(44-37-39-50-47-24-10-13-30-55(47)67(3,4)61(50)42-44)51-27-9-8-23-46(51)52-28-20-29-53-48-25-12-15-32-58(48)68(65(52)53)59-33-16-18-35-62(59)69(45-21-6-5-7-22-45)63-36-19-17-34-60(63)68/h5-42,64H,1-4H3. The molecule has 0 N–H and O–H groups in total. The van der Waals surface area contributed by atoms with Gasteiger partial charge in [-0.1, -0.05) is 228 Å². The summed E-state index contributed by atoms with van der Waals surface area (Å²) in [5.74, 6) is -0.0673. The van der Waals surface area contributed by atoms with Crippen molar-refractivity contribution in [3.8, 4) is 44.5 Å². The zero-order valence-corrected chi connectivity index (χ0v) is 39.5. The summed E-state index contributed by atoms with van der Waals surface area (Å²) in [6.07, 6.45) is 0.